The quantitative estimate of drug-likeness (QED) is 0.132. The molecule has 1 rings (SSSR count). The number of carboxylic acid groups (broad SMARTS) is 1. The highest BCUT2D eigenvalue weighted by Gasteiger charge is 2.34. The second-order valence-corrected chi connectivity index (χ2v) is 10.8. The van der Waals surface area contributed by atoms with Crippen LogP contribution in [0.3, 0.4) is 0 Å². The van der Waals surface area contributed by atoms with Crippen molar-refractivity contribution in [3.63, 3.8) is 0 Å². The van der Waals surface area contributed by atoms with E-state index in [9.17, 15) is 24.3 Å². The van der Waals surface area contributed by atoms with Crippen LogP contribution < -0.4 is 15.2 Å². The number of ether oxygens (including phenoxy) is 3. The van der Waals surface area contributed by atoms with Crippen molar-refractivity contribution in [2.45, 2.75) is 111 Å². The third-order valence-electron chi connectivity index (χ3n) is 6.97. The van der Waals surface area contributed by atoms with E-state index in [2.05, 4.69) is 0 Å². The highest BCUT2D eigenvalue weighted by Crippen LogP contribution is 2.36. The van der Waals surface area contributed by atoms with Crippen molar-refractivity contribution in [3.8, 4) is 11.5 Å². The summed E-state index contributed by atoms with van der Waals surface area (Å²) < 4.78 is 16.6. The number of nitrogens with two attached hydrogens (primary N) is 1. The Bertz CT molecular complexity index is 958. The van der Waals surface area contributed by atoms with Crippen LogP contribution in [0.4, 0.5) is 0 Å². The SMILES string of the molecule is CCCCCC(=O)Oc1ccc(C(C(C)COC(=O)C(C)(C)CC)[C@H](N)C(=O)O)cc1OC(=O)CCCCC. The molecule has 0 radical (unpaired) electrons. The molecule has 0 aromatic heterocycles. The third kappa shape index (κ3) is 11.4. The first-order valence-corrected chi connectivity index (χ1v) is 14.1. The van der Waals surface area contributed by atoms with Crippen LogP contribution in [0, 0.1) is 11.3 Å². The van der Waals surface area contributed by atoms with Crippen molar-refractivity contribution in [1.29, 1.82) is 0 Å². The van der Waals surface area contributed by atoms with E-state index in [-0.39, 0.29) is 36.9 Å². The Balaban J connectivity index is 3.32. The minimum atomic E-state index is -1.33. The molecule has 1 aromatic carbocycles. The first kappa shape index (κ1) is 34.1. The maximum absolute atomic E-state index is 12.6. The van der Waals surface area contributed by atoms with Gasteiger partial charge in [-0.25, -0.2) is 0 Å². The normalized spacial score (nSPS) is 13.7. The van der Waals surface area contributed by atoms with Crippen molar-refractivity contribution in [3.05, 3.63) is 23.8 Å². The molecule has 0 fully saturated rings. The number of benzene rings is 1. The van der Waals surface area contributed by atoms with Gasteiger partial charge < -0.3 is 25.1 Å². The first-order valence-electron chi connectivity index (χ1n) is 14.1. The summed E-state index contributed by atoms with van der Waals surface area (Å²) in [5.74, 6) is -3.70. The Morgan fingerprint density at radius 3 is 1.92 bits per heavy atom. The van der Waals surface area contributed by atoms with Gasteiger partial charge in [0.1, 0.15) is 6.04 Å². The molecule has 0 spiro atoms. The Kier molecular flexibility index (Phi) is 14.8. The summed E-state index contributed by atoms with van der Waals surface area (Å²) >= 11 is 0. The molecule has 220 valence electrons. The summed E-state index contributed by atoms with van der Waals surface area (Å²) in [6.45, 7) is 11.2. The Morgan fingerprint density at radius 2 is 1.44 bits per heavy atom. The molecule has 0 heterocycles. The molecule has 1 aromatic rings. The van der Waals surface area contributed by atoms with Gasteiger partial charge in [0, 0.05) is 18.8 Å². The van der Waals surface area contributed by atoms with E-state index in [1.54, 1.807) is 26.8 Å². The molecule has 0 aliphatic rings. The monoisotopic (exact) mass is 549 g/mol. The number of carboxylic acids is 1. The van der Waals surface area contributed by atoms with Gasteiger partial charge in [-0.05, 0) is 56.7 Å². The molecule has 0 amide bonds. The lowest BCUT2D eigenvalue weighted by molar-refractivity contribution is -0.155. The number of rotatable bonds is 18. The number of hydrogen-bond donors (Lipinski definition) is 2. The summed E-state index contributed by atoms with van der Waals surface area (Å²) in [4.78, 5) is 49.4. The minimum absolute atomic E-state index is 0.0248. The van der Waals surface area contributed by atoms with E-state index in [4.69, 9.17) is 19.9 Å². The van der Waals surface area contributed by atoms with Crippen molar-refractivity contribution in [2.24, 2.45) is 17.1 Å². The topological polar surface area (TPSA) is 142 Å². The van der Waals surface area contributed by atoms with E-state index < -0.39 is 41.2 Å². The molecule has 3 N–H and O–H groups in total. The van der Waals surface area contributed by atoms with E-state index in [1.807, 2.05) is 20.8 Å². The zero-order chi connectivity index (χ0) is 29.6. The molecular formula is C30H47NO8. The van der Waals surface area contributed by atoms with Gasteiger partial charge in [-0.3, -0.25) is 19.2 Å². The second-order valence-electron chi connectivity index (χ2n) is 10.8. The zero-order valence-electron chi connectivity index (χ0n) is 24.4. The fraction of sp³-hybridized carbons (Fsp3) is 0.667. The molecule has 9 nitrogen and oxygen atoms in total. The maximum Gasteiger partial charge on any atom is 0.321 e. The zero-order valence-corrected chi connectivity index (χ0v) is 24.4. The van der Waals surface area contributed by atoms with Crippen molar-refractivity contribution in [1.82, 2.24) is 0 Å². The number of carbonyl (C=O) groups excluding carboxylic acids is 3. The van der Waals surface area contributed by atoms with Crippen LogP contribution in [0.2, 0.25) is 0 Å². The molecule has 0 saturated heterocycles. The van der Waals surface area contributed by atoms with Crippen LogP contribution >= 0.6 is 0 Å². The van der Waals surface area contributed by atoms with Gasteiger partial charge in [-0.2, -0.15) is 0 Å². The number of carbonyl (C=O) groups is 4. The number of unbranched alkanes of at least 4 members (excludes halogenated alkanes) is 4. The summed E-state index contributed by atoms with van der Waals surface area (Å²) in [7, 11) is 0. The van der Waals surface area contributed by atoms with Crippen molar-refractivity contribution in [2.75, 3.05) is 6.61 Å². The van der Waals surface area contributed by atoms with E-state index in [0.29, 0.717) is 24.8 Å². The van der Waals surface area contributed by atoms with Crippen LogP contribution in [0.1, 0.15) is 111 Å². The molecular weight excluding hydrogens is 502 g/mol. The average molecular weight is 550 g/mol. The van der Waals surface area contributed by atoms with Gasteiger partial charge in [0.05, 0.1) is 12.0 Å². The van der Waals surface area contributed by atoms with Gasteiger partial charge in [0.15, 0.2) is 11.5 Å². The lowest BCUT2D eigenvalue weighted by Gasteiger charge is -2.29. The Labute approximate surface area is 232 Å². The standard InChI is InChI=1S/C30H47NO8/c1-7-10-12-14-24(32)38-22-17-16-21(18-23(22)39-25(33)15-13-11-8-2)26(27(31)28(34)35)20(4)19-37-29(36)30(5,6)9-3/h16-18,20,26-27H,7-15,19,31H2,1-6H3,(H,34,35)/t20?,26?,27-/m0/s1. The van der Waals surface area contributed by atoms with Gasteiger partial charge in [0.25, 0.3) is 0 Å². The summed E-state index contributed by atoms with van der Waals surface area (Å²) in [6, 6.07) is 3.26. The van der Waals surface area contributed by atoms with Crippen molar-refractivity contribution >= 4 is 23.9 Å². The summed E-state index contributed by atoms with van der Waals surface area (Å²) in [5, 5.41) is 9.73. The van der Waals surface area contributed by atoms with Gasteiger partial charge >= 0.3 is 23.9 Å². The smallest absolute Gasteiger partial charge is 0.321 e. The van der Waals surface area contributed by atoms with Crippen LogP contribution in [-0.4, -0.2) is 41.6 Å². The van der Waals surface area contributed by atoms with Gasteiger partial charge in [0.2, 0.25) is 0 Å². The van der Waals surface area contributed by atoms with Crippen LogP contribution in [0.5, 0.6) is 11.5 Å². The van der Waals surface area contributed by atoms with Crippen LogP contribution in [-0.2, 0) is 23.9 Å². The molecule has 39 heavy (non-hydrogen) atoms. The van der Waals surface area contributed by atoms with E-state index in [1.165, 1.54) is 12.1 Å². The maximum atomic E-state index is 12.6. The lowest BCUT2D eigenvalue weighted by Crippen LogP contribution is -2.41. The highest BCUT2D eigenvalue weighted by molar-refractivity contribution is 5.78. The van der Waals surface area contributed by atoms with Gasteiger partial charge in [-0.1, -0.05) is 59.4 Å². The molecule has 0 aliphatic heterocycles. The fourth-order valence-electron chi connectivity index (χ4n) is 3.98. The number of hydrogen-bond acceptors (Lipinski definition) is 8. The molecule has 0 saturated carbocycles. The predicted octanol–water partition coefficient (Wildman–Crippen LogP) is 5.77. The van der Waals surface area contributed by atoms with E-state index in [0.717, 1.165) is 25.7 Å². The first-order chi connectivity index (χ1) is 18.4. The highest BCUT2D eigenvalue weighted by atomic mass is 16.6. The Hall–Kier alpha value is -2.94. The molecule has 9 heteroatoms. The Morgan fingerprint density at radius 1 is 0.897 bits per heavy atom. The predicted molar refractivity (Wildman–Crippen MR) is 149 cm³/mol. The van der Waals surface area contributed by atoms with Gasteiger partial charge in [-0.15, -0.1) is 0 Å². The fourth-order valence-corrected chi connectivity index (χ4v) is 3.98. The summed E-state index contributed by atoms with van der Waals surface area (Å²) in [6.07, 6.45) is 6.00. The summed E-state index contributed by atoms with van der Waals surface area (Å²) in [5.41, 5.74) is 5.89. The number of esters is 3. The molecule has 2 unspecified atom stereocenters. The average Bonchev–Trinajstić information content (AvgIpc) is 2.88. The van der Waals surface area contributed by atoms with E-state index >= 15 is 0 Å². The molecule has 0 aliphatic carbocycles. The van der Waals surface area contributed by atoms with Crippen LogP contribution in [0.15, 0.2) is 18.2 Å². The molecule has 0 bridgehead atoms. The second kappa shape index (κ2) is 16.9. The van der Waals surface area contributed by atoms with Crippen LogP contribution in [0.25, 0.3) is 0 Å². The lowest BCUT2D eigenvalue weighted by atomic mass is 9.81. The third-order valence-corrected chi connectivity index (χ3v) is 6.97. The largest absolute Gasteiger partial charge is 0.480 e. The minimum Gasteiger partial charge on any atom is -0.480 e. The number of aliphatic carboxylic acids is 1. The molecule has 3 atom stereocenters. The van der Waals surface area contributed by atoms with Crippen molar-refractivity contribution < 1.29 is 38.5 Å².